The van der Waals surface area contributed by atoms with E-state index >= 15 is 0 Å². The number of nitrogens with one attached hydrogen (secondary N) is 1. The van der Waals surface area contributed by atoms with E-state index in [2.05, 4.69) is 15.2 Å². The van der Waals surface area contributed by atoms with Gasteiger partial charge in [0.1, 0.15) is 11.6 Å². The molecular formula is C19H22FN3O. The Kier molecular flexibility index (Phi) is 5.41. The van der Waals surface area contributed by atoms with E-state index in [0.717, 1.165) is 37.3 Å². The number of benzene rings is 1. The number of nitrogens with zero attached hydrogens (tertiary/aromatic N) is 2. The number of carbonyl (C=O) groups is 1. The third-order valence-corrected chi connectivity index (χ3v) is 4.31. The number of anilines is 1. The van der Waals surface area contributed by atoms with E-state index < -0.39 is 0 Å². The monoisotopic (exact) mass is 327 g/mol. The van der Waals surface area contributed by atoms with Crippen LogP contribution in [0.4, 0.5) is 10.2 Å². The molecule has 2 aromatic rings. The summed E-state index contributed by atoms with van der Waals surface area (Å²) in [5.74, 6) is 0.759. The van der Waals surface area contributed by atoms with Crippen molar-refractivity contribution in [3.8, 4) is 0 Å². The number of hydrogen-bond donors (Lipinski definition) is 1. The van der Waals surface area contributed by atoms with Gasteiger partial charge in [0.15, 0.2) is 0 Å². The van der Waals surface area contributed by atoms with Crippen molar-refractivity contribution in [2.24, 2.45) is 0 Å². The minimum Gasteiger partial charge on any atom is -0.355 e. The van der Waals surface area contributed by atoms with Gasteiger partial charge >= 0.3 is 0 Å². The van der Waals surface area contributed by atoms with Crippen LogP contribution >= 0.6 is 0 Å². The van der Waals surface area contributed by atoms with Gasteiger partial charge in [-0.3, -0.25) is 4.79 Å². The maximum Gasteiger partial charge on any atom is 0.220 e. The molecule has 3 rings (SSSR count). The van der Waals surface area contributed by atoms with E-state index in [1.807, 2.05) is 18.2 Å². The molecule has 0 saturated carbocycles. The molecule has 1 atom stereocenters. The highest BCUT2D eigenvalue weighted by Crippen LogP contribution is 2.17. The SMILES string of the molecule is O=C(CCc1ccc(F)cc1)N[C@@H]1CCCN(c2ccccn2)C1. The molecule has 0 aliphatic carbocycles. The van der Waals surface area contributed by atoms with Crippen LogP contribution in [0.3, 0.4) is 0 Å². The van der Waals surface area contributed by atoms with Crippen LogP contribution in [0.2, 0.25) is 0 Å². The van der Waals surface area contributed by atoms with Gasteiger partial charge in [0.25, 0.3) is 0 Å². The molecule has 1 N–H and O–H groups in total. The van der Waals surface area contributed by atoms with Gasteiger partial charge in [-0.2, -0.15) is 0 Å². The quantitative estimate of drug-likeness (QED) is 0.918. The summed E-state index contributed by atoms with van der Waals surface area (Å²) < 4.78 is 12.9. The zero-order valence-corrected chi connectivity index (χ0v) is 13.6. The van der Waals surface area contributed by atoms with E-state index in [1.54, 1.807) is 18.3 Å². The van der Waals surface area contributed by atoms with Crippen molar-refractivity contribution in [1.82, 2.24) is 10.3 Å². The number of carbonyl (C=O) groups excluding carboxylic acids is 1. The number of amides is 1. The Balaban J connectivity index is 1.48. The first-order valence-corrected chi connectivity index (χ1v) is 8.40. The molecule has 1 aromatic carbocycles. The second-order valence-electron chi connectivity index (χ2n) is 6.17. The van der Waals surface area contributed by atoms with E-state index in [-0.39, 0.29) is 17.8 Å². The molecule has 0 bridgehead atoms. The Labute approximate surface area is 141 Å². The summed E-state index contributed by atoms with van der Waals surface area (Å²) in [5, 5.41) is 3.12. The van der Waals surface area contributed by atoms with Crippen LogP contribution in [0.25, 0.3) is 0 Å². The van der Waals surface area contributed by atoms with Gasteiger partial charge in [0, 0.05) is 31.7 Å². The normalized spacial score (nSPS) is 17.5. The van der Waals surface area contributed by atoms with Crippen molar-refractivity contribution in [2.75, 3.05) is 18.0 Å². The van der Waals surface area contributed by atoms with Crippen LogP contribution < -0.4 is 10.2 Å². The smallest absolute Gasteiger partial charge is 0.220 e. The molecule has 1 saturated heterocycles. The molecule has 2 heterocycles. The Bertz CT molecular complexity index is 660. The molecule has 126 valence electrons. The second-order valence-corrected chi connectivity index (χ2v) is 6.17. The highest BCUT2D eigenvalue weighted by atomic mass is 19.1. The third-order valence-electron chi connectivity index (χ3n) is 4.31. The summed E-state index contributed by atoms with van der Waals surface area (Å²) >= 11 is 0. The van der Waals surface area contributed by atoms with E-state index in [9.17, 15) is 9.18 Å². The summed E-state index contributed by atoms with van der Waals surface area (Å²) in [5.41, 5.74) is 0.977. The summed E-state index contributed by atoms with van der Waals surface area (Å²) in [6.07, 6.45) is 4.87. The predicted molar refractivity (Wildman–Crippen MR) is 92.3 cm³/mol. The summed E-state index contributed by atoms with van der Waals surface area (Å²) in [6, 6.07) is 12.4. The Hall–Kier alpha value is -2.43. The lowest BCUT2D eigenvalue weighted by Crippen LogP contribution is -2.48. The van der Waals surface area contributed by atoms with Crippen molar-refractivity contribution in [1.29, 1.82) is 0 Å². The van der Waals surface area contributed by atoms with Crippen LogP contribution in [0.5, 0.6) is 0 Å². The van der Waals surface area contributed by atoms with Gasteiger partial charge in [0.2, 0.25) is 5.91 Å². The molecular weight excluding hydrogens is 305 g/mol. The minimum atomic E-state index is -0.250. The lowest BCUT2D eigenvalue weighted by Gasteiger charge is -2.34. The van der Waals surface area contributed by atoms with Crippen LogP contribution in [0.1, 0.15) is 24.8 Å². The fraction of sp³-hybridized carbons (Fsp3) is 0.368. The average molecular weight is 327 g/mol. The first-order chi connectivity index (χ1) is 11.7. The van der Waals surface area contributed by atoms with Gasteiger partial charge in [-0.05, 0) is 49.1 Å². The molecule has 1 aromatic heterocycles. The number of aryl methyl sites for hydroxylation is 1. The summed E-state index contributed by atoms with van der Waals surface area (Å²) in [6.45, 7) is 1.76. The van der Waals surface area contributed by atoms with Crippen LogP contribution in [-0.4, -0.2) is 30.0 Å². The van der Waals surface area contributed by atoms with Gasteiger partial charge in [-0.15, -0.1) is 0 Å². The molecule has 1 aliphatic heterocycles. The van der Waals surface area contributed by atoms with Gasteiger partial charge < -0.3 is 10.2 Å². The Morgan fingerprint density at radius 3 is 2.83 bits per heavy atom. The largest absolute Gasteiger partial charge is 0.355 e. The third kappa shape index (κ3) is 4.54. The molecule has 24 heavy (non-hydrogen) atoms. The molecule has 1 fully saturated rings. The van der Waals surface area contributed by atoms with Crippen LogP contribution in [-0.2, 0) is 11.2 Å². The molecule has 4 nitrogen and oxygen atoms in total. The highest BCUT2D eigenvalue weighted by Gasteiger charge is 2.22. The van der Waals surface area contributed by atoms with Crippen molar-refractivity contribution < 1.29 is 9.18 Å². The lowest BCUT2D eigenvalue weighted by molar-refractivity contribution is -0.121. The molecule has 0 spiro atoms. The van der Waals surface area contributed by atoms with Gasteiger partial charge in [-0.1, -0.05) is 18.2 Å². The number of rotatable bonds is 5. The number of hydrogen-bond acceptors (Lipinski definition) is 3. The average Bonchev–Trinajstić information content (AvgIpc) is 2.62. The zero-order chi connectivity index (χ0) is 16.8. The first kappa shape index (κ1) is 16.4. The molecule has 1 amide bonds. The van der Waals surface area contributed by atoms with Crippen molar-refractivity contribution in [2.45, 2.75) is 31.7 Å². The van der Waals surface area contributed by atoms with Crippen LogP contribution in [0.15, 0.2) is 48.7 Å². The Morgan fingerprint density at radius 1 is 1.25 bits per heavy atom. The van der Waals surface area contributed by atoms with Crippen molar-refractivity contribution in [3.63, 3.8) is 0 Å². The Morgan fingerprint density at radius 2 is 2.08 bits per heavy atom. The molecule has 0 unspecified atom stereocenters. The predicted octanol–water partition coefficient (Wildman–Crippen LogP) is 2.94. The van der Waals surface area contributed by atoms with E-state index in [1.165, 1.54) is 12.1 Å². The standard InChI is InChI=1S/C19H22FN3O/c20-16-9-6-15(7-10-16)8-11-19(24)22-17-4-3-13-23(14-17)18-5-1-2-12-21-18/h1-2,5-7,9-10,12,17H,3-4,8,11,13-14H2,(H,22,24)/t17-/m1/s1. The molecule has 1 aliphatic rings. The maximum absolute atomic E-state index is 12.9. The number of aromatic nitrogens is 1. The van der Waals surface area contributed by atoms with Gasteiger partial charge in [0.05, 0.1) is 0 Å². The highest BCUT2D eigenvalue weighted by molar-refractivity contribution is 5.76. The fourth-order valence-electron chi connectivity index (χ4n) is 3.05. The lowest BCUT2D eigenvalue weighted by atomic mass is 10.0. The summed E-state index contributed by atoms with van der Waals surface area (Å²) in [4.78, 5) is 18.8. The molecule has 5 heteroatoms. The number of piperidine rings is 1. The van der Waals surface area contributed by atoms with E-state index in [4.69, 9.17) is 0 Å². The zero-order valence-electron chi connectivity index (χ0n) is 13.6. The first-order valence-electron chi connectivity index (χ1n) is 8.40. The fourth-order valence-corrected chi connectivity index (χ4v) is 3.05. The number of pyridine rings is 1. The van der Waals surface area contributed by atoms with E-state index in [0.29, 0.717) is 12.8 Å². The summed E-state index contributed by atoms with van der Waals surface area (Å²) in [7, 11) is 0. The maximum atomic E-state index is 12.9. The topological polar surface area (TPSA) is 45.2 Å². The molecule has 0 radical (unpaired) electrons. The van der Waals surface area contributed by atoms with Crippen molar-refractivity contribution >= 4 is 11.7 Å². The second kappa shape index (κ2) is 7.90. The number of halogens is 1. The van der Waals surface area contributed by atoms with Crippen LogP contribution in [0, 0.1) is 5.82 Å². The van der Waals surface area contributed by atoms with Gasteiger partial charge in [-0.25, -0.2) is 9.37 Å². The van der Waals surface area contributed by atoms with Crippen molar-refractivity contribution in [3.05, 3.63) is 60.0 Å². The minimum absolute atomic E-state index is 0.0483.